The van der Waals surface area contributed by atoms with Crippen LogP contribution in [0.1, 0.15) is 27.2 Å². The van der Waals surface area contributed by atoms with E-state index in [0.717, 1.165) is 28.3 Å². The maximum atomic E-state index is 12.8. The maximum Gasteiger partial charge on any atom is 0.256 e. The maximum absolute atomic E-state index is 12.8. The number of benzene rings is 2. The van der Waals surface area contributed by atoms with Gasteiger partial charge in [0.2, 0.25) is 5.95 Å². The van der Waals surface area contributed by atoms with E-state index in [2.05, 4.69) is 31.1 Å². The molecule has 2 aromatic carbocycles. The van der Waals surface area contributed by atoms with E-state index >= 15 is 0 Å². The quantitative estimate of drug-likeness (QED) is 0.320. The number of amides is 1. The average Bonchev–Trinajstić information content (AvgIpc) is 3.19. The van der Waals surface area contributed by atoms with E-state index in [4.69, 9.17) is 10.3 Å². The molecule has 0 aliphatic rings. The van der Waals surface area contributed by atoms with Crippen molar-refractivity contribution >= 4 is 34.6 Å². The Labute approximate surface area is 185 Å². The van der Waals surface area contributed by atoms with Gasteiger partial charge in [-0.15, -0.1) is 0 Å². The molecule has 0 unspecified atom stereocenters. The molecule has 5 N–H and O–H groups in total. The Morgan fingerprint density at radius 1 is 1.00 bits per heavy atom. The SMILES string of the molecule is Cc1ccc(NCc2cnoc2C)cc1C(=O)Nc1cnc(Nc2cccc(N)c2)nc1. The van der Waals surface area contributed by atoms with Crippen molar-refractivity contribution in [1.82, 2.24) is 15.1 Å². The summed E-state index contributed by atoms with van der Waals surface area (Å²) < 4.78 is 5.07. The minimum absolute atomic E-state index is 0.243. The van der Waals surface area contributed by atoms with E-state index in [1.807, 2.05) is 44.2 Å². The molecule has 0 radical (unpaired) electrons. The molecule has 9 nitrogen and oxygen atoms in total. The molecule has 0 aliphatic heterocycles. The fourth-order valence-corrected chi connectivity index (χ4v) is 3.06. The molecule has 1 amide bonds. The van der Waals surface area contributed by atoms with E-state index in [9.17, 15) is 4.79 Å². The van der Waals surface area contributed by atoms with Crippen molar-refractivity contribution < 1.29 is 9.32 Å². The van der Waals surface area contributed by atoms with Gasteiger partial charge in [-0.2, -0.15) is 0 Å². The highest BCUT2D eigenvalue weighted by molar-refractivity contribution is 6.05. The van der Waals surface area contributed by atoms with Gasteiger partial charge in [-0.3, -0.25) is 4.79 Å². The van der Waals surface area contributed by atoms with Crippen LogP contribution in [0.4, 0.5) is 28.7 Å². The van der Waals surface area contributed by atoms with Gasteiger partial charge in [-0.1, -0.05) is 17.3 Å². The molecule has 0 bridgehead atoms. The van der Waals surface area contributed by atoms with Gasteiger partial charge in [0.25, 0.3) is 5.91 Å². The van der Waals surface area contributed by atoms with Crippen molar-refractivity contribution in [1.29, 1.82) is 0 Å². The molecule has 0 saturated carbocycles. The zero-order valence-electron chi connectivity index (χ0n) is 17.7. The summed E-state index contributed by atoms with van der Waals surface area (Å²) in [7, 11) is 0. The fraction of sp³-hybridized carbons (Fsp3) is 0.130. The molecule has 0 spiro atoms. The molecular weight excluding hydrogens is 406 g/mol. The zero-order valence-corrected chi connectivity index (χ0v) is 17.7. The molecule has 162 valence electrons. The standard InChI is InChI=1S/C23H23N7O2/c1-14-6-7-18(25-10-16-11-28-32-15(16)2)9-21(14)22(31)29-20-12-26-23(27-13-20)30-19-5-3-4-17(24)8-19/h3-9,11-13,25H,10,24H2,1-2H3,(H,29,31)(H,26,27,30). The summed E-state index contributed by atoms with van der Waals surface area (Å²) in [6.07, 6.45) is 4.77. The van der Waals surface area contributed by atoms with E-state index in [-0.39, 0.29) is 5.91 Å². The molecule has 0 atom stereocenters. The van der Waals surface area contributed by atoms with Gasteiger partial charge in [0.15, 0.2) is 0 Å². The lowest BCUT2D eigenvalue weighted by molar-refractivity contribution is 0.102. The van der Waals surface area contributed by atoms with Gasteiger partial charge in [-0.25, -0.2) is 9.97 Å². The number of hydrogen-bond acceptors (Lipinski definition) is 8. The van der Waals surface area contributed by atoms with Gasteiger partial charge in [0.1, 0.15) is 5.76 Å². The average molecular weight is 429 g/mol. The van der Waals surface area contributed by atoms with E-state index in [1.165, 1.54) is 0 Å². The molecule has 2 heterocycles. The molecular formula is C23H23N7O2. The Bertz CT molecular complexity index is 1240. The molecule has 4 aromatic rings. The van der Waals surface area contributed by atoms with E-state index < -0.39 is 0 Å². The highest BCUT2D eigenvalue weighted by Crippen LogP contribution is 2.20. The van der Waals surface area contributed by atoms with Crippen molar-refractivity contribution in [3.63, 3.8) is 0 Å². The number of hydrogen-bond donors (Lipinski definition) is 4. The van der Waals surface area contributed by atoms with Gasteiger partial charge in [0, 0.05) is 34.7 Å². The third kappa shape index (κ3) is 5.01. The number of rotatable bonds is 7. The lowest BCUT2D eigenvalue weighted by Gasteiger charge is -2.11. The topological polar surface area (TPSA) is 131 Å². The van der Waals surface area contributed by atoms with Crippen molar-refractivity contribution in [3.8, 4) is 0 Å². The van der Waals surface area contributed by atoms with Gasteiger partial charge in [0.05, 0.1) is 24.3 Å². The van der Waals surface area contributed by atoms with Crippen LogP contribution in [-0.4, -0.2) is 21.0 Å². The van der Waals surface area contributed by atoms with Crippen molar-refractivity contribution in [2.75, 3.05) is 21.7 Å². The van der Waals surface area contributed by atoms with Crippen molar-refractivity contribution in [3.05, 3.63) is 83.5 Å². The number of nitrogens with one attached hydrogen (secondary N) is 3. The molecule has 32 heavy (non-hydrogen) atoms. The van der Waals surface area contributed by atoms with E-state index in [1.54, 1.807) is 30.7 Å². The monoisotopic (exact) mass is 429 g/mol. The molecule has 9 heteroatoms. The summed E-state index contributed by atoms with van der Waals surface area (Å²) in [4.78, 5) is 21.3. The predicted octanol–water partition coefficient (Wildman–Crippen LogP) is 4.27. The number of nitrogen functional groups attached to an aromatic ring is 1. The largest absolute Gasteiger partial charge is 0.399 e. The minimum atomic E-state index is -0.243. The fourth-order valence-electron chi connectivity index (χ4n) is 3.06. The van der Waals surface area contributed by atoms with Crippen LogP contribution < -0.4 is 21.7 Å². The summed E-state index contributed by atoms with van der Waals surface area (Å²) in [5, 5.41) is 13.0. The number of nitrogens with two attached hydrogens (primary N) is 1. The van der Waals surface area contributed by atoms with Crippen molar-refractivity contribution in [2.45, 2.75) is 20.4 Å². The van der Waals surface area contributed by atoms with Crippen LogP contribution in [0.5, 0.6) is 0 Å². The number of aromatic nitrogens is 3. The number of aryl methyl sites for hydroxylation is 2. The Hall–Kier alpha value is -4.40. The third-order valence-electron chi connectivity index (χ3n) is 4.87. The lowest BCUT2D eigenvalue weighted by atomic mass is 10.1. The normalized spacial score (nSPS) is 10.6. The third-order valence-corrected chi connectivity index (χ3v) is 4.87. The van der Waals surface area contributed by atoms with Crippen LogP contribution in [0, 0.1) is 13.8 Å². The van der Waals surface area contributed by atoms with Gasteiger partial charge >= 0.3 is 0 Å². The summed E-state index contributed by atoms with van der Waals surface area (Å²) in [5.74, 6) is 0.920. The number of nitrogens with zero attached hydrogens (tertiary/aromatic N) is 3. The van der Waals surface area contributed by atoms with Crippen LogP contribution in [0.25, 0.3) is 0 Å². The molecule has 4 rings (SSSR count). The number of anilines is 5. The van der Waals surface area contributed by atoms with Crippen LogP contribution in [0.3, 0.4) is 0 Å². The summed E-state index contributed by atoms with van der Waals surface area (Å²) in [6.45, 7) is 4.29. The van der Waals surface area contributed by atoms with Crippen LogP contribution in [-0.2, 0) is 6.54 Å². The van der Waals surface area contributed by atoms with Crippen LogP contribution in [0.15, 0.2) is 65.6 Å². The first-order chi connectivity index (χ1) is 15.5. The minimum Gasteiger partial charge on any atom is -0.399 e. The number of carbonyl (C=O) groups is 1. The summed E-state index contributed by atoms with van der Waals surface area (Å²) in [6, 6.07) is 12.9. The van der Waals surface area contributed by atoms with Crippen LogP contribution in [0.2, 0.25) is 0 Å². The molecule has 0 aliphatic carbocycles. The first kappa shape index (κ1) is 20.9. The second-order valence-corrected chi connectivity index (χ2v) is 7.29. The van der Waals surface area contributed by atoms with Gasteiger partial charge < -0.3 is 26.2 Å². The van der Waals surface area contributed by atoms with Crippen molar-refractivity contribution in [2.24, 2.45) is 0 Å². The Kier molecular flexibility index (Phi) is 5.98. The highest BCUT2D eigenvalue weighted by Gasteiger charge is 2.12. The predicted molar refractivity (Wildman–Crippen MR) is 124 cm³/mol. The Morgan fingerprint density at radius 3 is 2.53 bits per heavy atom. The zero-order chi connectivity index (χ0) is 22.5. The summed E-state index contributed by atoms with van der Waals surface area (Å²) >= 11 is 0. The first-order valence-corrected chi connectivity index (χ1v) is 9.98. The van der Waals surface area contributed by atoms with Crippen LogP contribution >= 0.6 is 0 Å². The Morgan fingerprint density at radius 2 is 1.81 bits per heavy atom. The smallest absolute Gasteiger partial charge is 0.256 e. The second-order valence-electron chi connectivity index (χ2n) is 7.29. The molecule has 0 fully saturated rings. The van der Waals surface area contributed by atoms with E-state index in [0.29, 0.717) is 29.4 Å². The van der Waals surface area contributed by atoms with Gasteiger partial charge in [-0.05, 0) is 49.7 Å². The first-order valence-electron chi connectivity index (χ1n) is 9.98. The Balaban J connectivity index is 1.41. The second kappa shape index (κ2) is 9.17. The lowest BCUT2D eigenvalue weighted by Crippen LogP contribution is -2.14. The molecule has 0 saturated heterocycles. The number of carbonyl (C=O) groups excluding carboxylic acids is 1. The molecule has 2 aromatic heterocycles. The highest BCUT2D eigenvalue weighted by atomic mass is 16.5. The summed E-state index contributed by atoms with van der Waals surface area (Å²) in [5.41, 5.74) is 10.9.